The fourth-order valence-electron chi connectivity index (χ4n) is 3.40. The number of alkyl halides is 1. The third-order valence-corrected chi connectivity index (χ3v) is 5.57. The van der Waals surface area contributed by atoms with E-state index in [1.807, 2.05) is 31.3 Å². The standard InChI is InChI=1S/C21H19FN2OS/c1-12-9-17(25-2)19(14-5-3-13(4-6-14)16(22)10-23)20-15-7-8-26-18(15)11-24-21(12)20/h3-9,11,16H,10,23H2,1-2H3. The molecule has 132 valence electrons. The Balaban J connectivity index is 2.04. The number of aryl methyl sites for hydroxylation is 1. The van der Waals surface area contributed by atoms with E-state index in [4.69, 9.17) is 10.5 Å². The summed E-state index contributed by atoms with van der Waals surface area (Å²) < 4.78 is 20.7. The van der Waals surface area contributed by atoms with Gasteiger partial charge >= 0.3 is 0 Å². The number of hydrogen-bond donors (Lipinski definition) is 1. The zero-order chi connectivity index (χ0) is 18.3. The van der Waals surface area contributed by atoms with E-state index in [1.54, 1.807) is 30.6 Å². The first-order chi connectivity index (χ1) is 12.6. The van der Waals surface area contributed by atoms with E-state index >= 15 is 0 Å². The van der Waals surface area contributed by atoms with E-state index in [1.165, 1.54) is 0 Å². The molecule has 0 spiro atoms. The highest BCUT2D eigenvalue weighted by atomic mass is 32.1. The van der Waals surface area contributed by atoms with Crippen LogP contribution in [-0.2, 0) is 0 Å². The predicted molar refractivity (Wildman–Crippen MR) is 107 cm³/mol. The van der Waals surface area contributed by atoms with Crippen LogP contribution in [0.25, 0.3) is 32.1 Å². The molecule has 0 amide bonds. The Bertz CT molecular complexity index is 1090. The Morgan fingerprint density at radius 3 is 2.69 bits per heavy atom. The number of thiophene rings is 1. The van der Waals surface area contributed by atoms with Crippen molar-refractivity contribution in [2.24, 2.45) is 5.73 Å². The topological polar surface area (TPSA) is 48.1 Å². The molecule has 2 heterocycles. The van der Waals surface area contributed by atoms with Crippen LogP contribution in [0.15, 0.2) is 48.0 Å². The lowest BCUT2D eigenvalue weighted by Gasteiger charge is -2.16. The minimum absolute atomic E-state index is 0.0183. The van der Waals surface area contributed by atoms with Crippen LogP contribution < -0.4 is 10.5 Å². The molecule has 2 aromatic heterocycles. The van der Waals surface area contributed by atoms with Gasteiger partial charge in [0.25, 0.3) is 0 Å². The molecule has 26 heavy (non-hydrogen) atoms. The molecule has 5 heteroatoms. The van der Waals surface area contributed by atoms with E-state index < -0.39 is 6.17 Å². The first-order valence-corrected chi connectivity index (χ1v) is 9.30. The van der Waals surface area contributed by atoms with Gasteiger partial charge in [-0.2, -0.15) is 0 Å². The van der Waals surface area contributed by atoms with Crippen molar-refractivity contribution >= 4 is 32.3 Å². The molecule has 4 rings (SSSR count). The Hall–Kier alpha value is -2.50. The highest BCUT2D eigenvalue weighted by molar-refractivity contribution is 7.17. The summed E-state index contributed by atoms with van der Waals surface area (Å²) in [5, 5.41) is 4.30. The van der Waals surface area contributed by atoms with Gasteiger partial charge in [-0.15, -0.1) is 11.3 Å². The van der Waals surface area contributed by atoms with Gasteiger partial charge in [-0.05, 0) is 41.1 Å². The van der Waals surface area contributed by atoms with Crippen molar-refractivity contribution in [1.29, 1.82) is 0 Å². The quantitative estimate of drug-likeness (QED) is 0.526. The van der Waals surface area contributed by atoms with Gasteiger partial charge in [-0.25, -0.2) is 4.39 Å². The van der Waals surface area contributed by atoms with Crippen LogP contribution in [0, 0.1) is 6.92 Å². The van der Waals surface area contributed by atoms with Crippen molar-refractivity contribution in [3.63, 3.8) is 0 Å². The number of nitrogens with zero attached hydrogens (tertiary/aromatic N) is 1. The van der Waals surface area contributed by atoms with Crippen LogP contribution in [0.4, 0.5) is 4.39 Å². The molecule has 0 bridgehead atoms. The van der Waals surface area contributed by atoms with Crippen LogP contribution in [0.5, 0.6) is 5.75 Å². The molecule has 0 radical (unpaired) electrons. The van der Waals surface area contributed by atoms with E-state index in [0.29, 0.717) is 5.56 Å². The predicted octanol–water partition coefficient (Wildman–Crippen LogP) is 5.40. The lowest BCUT2D eigenvalue weighted by molar-refractivity contribution is 0.353. The third kappa shape index (κ3) is 2.64. The lowest BCUT2D eigenvalue weighted by atomic mass is 9.94. The largest absolute Gasteiger partial charge is 0.496 e. The van der Waals surface area contributed by atoms with Crippen molar-refractivity contribution in [2.45, 2.75) is 13.1 Å². The Labute approximate surface area is 155 Å². The summed E-state index contributed by atoms with van der Waals surface area (Å²) in [6.07, 6.45) is 0.773. The Morgan fingerprint density at radius 2 is 2.00 bits per heavy atom. The molecule has 1 unspecified atom stereocenters. The van der Waals surface area contributed by atoms with Gasteiger partial charge in [0.2, 0.25) is 0 Å². The van der Waals surface area contributed by atoms with Crippen molar-refractivity contribution in [1.82, 2.24) is 4.98 Å². The van der Waals surface area contributed by atoms with Crippen LogP contribution in [0.2, 0.25) is 0 Å². The van der Waals surface area contributed by atoms with Crippen LogP contribution in [0.3, 0.4) is 0 Å². The van der Waals surface area contributed by atoms with Gasteiger partial charge < -0.3 is 10.5 Å². The number of pyridine rings is 1. The number of methoxy groups -OCH3 is 1. The fourth-order valence-corrected chi connectivity index (χ4v) is 4.16. The number of fused-ring (bicyclic) bond motifs is 3. The van der Waals surface area contributed by atoms with Crippen LogP contribution >= 0.6 is 11.3 Å². The van der Waals surface area contributed by atoms with Gasteiger partial charge in [-0.1, -0.05) is 24.3 Å². The van der Waals surface area contributed by atoms with E-state index in [0.717, 1.165) is 43.4 Å². The Morgan fingerprint density at radius 1 is 1.23 bits per heavy atom. The molecule has 0 aliphatic carbocycles. The number of hydrogen-bond acceptors (Lipinski definition) is 4. The maximum Gasteiger partial charge on any atom is 0.137 e. The summed E-state index contributed by atoms with van der Waals surface area (Å²) in [5.74, 6) is 0.791. The smallest absolute Gasteiger partial charge is 0.137 e. The second-order valence-electron chi connectivity index (χ2n) is 6.28. The number of rotatable bonds is 4. The Kier molecular flexibility index (Phi) is 4.34. The molecule has 4 aromatic rings. The molecule has 2 N–H and O–H groups in total. The van der Waals surface area contributed by atoms with Crippen molar-refractivity contribution in [3.8, 4) is 16.9 Å². The number of nitrogens with two attached hydrogens (primary N) is 1. The molecule has 0 saturated heterocycles. The highest BCUT2D eigenvalue weighted by Crippen LogP contribution is 2.42. The molecule has 0 aliphatic heterocycles. The minimum atomic E-state index is -1.15. The first-order valence-electron chi connectivity index (χ1n) is 8.42. The second kappa shape index (κ2) is 6.67. The maximum atomic E-state index is 13.9. The summed E-state index contributed by atoms with van der Waals surface area (Å²) >= 11 is 1.67. The molecule has 0 saturated carbocycles. The van der Waals surface area contributed by atoms with Crippen molar-refractivity contribution in [2.75, 3.05) is 13.7 Å². The summed E-state index contributed by atoms with van der Waals surface area (Å²) in [6, 6.07) is 11.6. The molecular weight excluding hydrogens is 347 g/mol. The number of halogens is 1. The van der Waals surface area contributed by atoms with Gasteiger partial charge in [0.15, 0.2) is 0 Å². The van der Waals surface area contributed by atoms with Gasteiger partial charge in [0, 0.05) is 29.1 Å². The molecule has 0 aliphatic rings. The summed E-state index contributed by atoms with van der Waals surface area (Å²) in [5.41, 5.74) is 10.0. The second-order valence-corrected chi connectivity index (χ2v) is 7.22. The minimum Gasteiger partial charge on any atom is -0.496 e. The van der Waals surface area contributed by atoms with Gasteiger partial charge in [-0.3, -0.25) is 4.98 Å². The van der Waals surface area contributed by atoms with Gasteiger partial charge in [0.1, 0.15) is 11.9 Å². The van der Waals surface area contributed by atoms with Crippen molar-refractivity contribution in [3.05, 3.63) is 59.1 Å². The molecular formula is C21H19FN2OS. The first kappa shape index (κ1) is 16.9. The number of ether oxygens (including phenoxy) is 1. The zero-order valence-corrected chi connectivity index (χ0v) is 15.4. The monoisotopic (exact) mass is 366 g/mol. The summed E-state index contributed by atoms with van der Waals surface area (Å²) in [4.78, 5) is 4.68. The lowest BCUT2D eigenvalue weighted by Crippen LogP contribution is -2.07. The highest BCUT2D eigenvalue weighted by Gasteiger charge is 2.17. The third-order valence-electron chi connectivity index (χ3n) is 4.72. The summed E-state index contributed by atoms with van der Waals surface area (Å²) in [7, 11) is 1.67. The number of benzene rings is 2. The molecule has 2 aromatic carbocycles. The normalized spacial score (nSPS) is 12.6. The van der Waals surface area contributed by atoms with Crippen LogP contribution in [0.1, 0.15) is 17.3 Å². The fraction of sp³-hybridized carbons (Fsp3) is 0.190. The maximum absolute atomic E-state index is 13.9. The van der Waals surface area contributed by atoms with E-state index in [9.17, 15) is 4.39 Å². The SMILES string of the molecule is COc1cc(C)c2ncc3sccc3c2c1-c1ccc(C(F)CN)cc1. The van der Waals surface area contributed by atoms with Gasteiger partial charge in [0.05, 0.1) is 17.3 Å². The average Bonchev–Trinajstić information content (AvgIpc) is 3.16. The molecule has 0 fully saturated rings. The average molecular weight is 366 g/mol. The number of aromatic nitrogens is 1. The summed E-state index contributed by atoms with van der Waals surface area (Å²) in [6.45, 7) is 2.02. The van der Waals surface area contributed by atoms with E-state index in [-0.39, 0.29) is 6.54 Å². The van der Waals surface area contributed by atoms with E-state index in [2.05, 4.69) is 16.4 Å². The molecule has 1 atom stereocenters. The van der Waals surface area contributed by atoms with Crippen molar-refractivity contribution < 1.29 is 9.13 Å². The van der Waals surface area contributed by atoms with Crippen LogP contribution in [-0.4, -0.2) is 18.6 Å². The zero-order valence-electron chi connectivity index (χ0n) is 14.6. The molecule has 3 nitrogen and oxygen atoms in total.